The van der Waals surface area contributed by atoms with Gasteiger partial charge in [-0.25, -0.2) is 8.78 Å². The predicted octanol–water partition coefficient (Wildman–Crippen LogP) is 3.38. The van der Waals surface area contributed by atoms with Gasteiger partial charge in [0.2, 0.25) is 0 Å². The van der Waals surface area contributed by atoms with E-state index in [0.29, 0.717) is 25.2 Å². The van der Waals surface area contributed by atoms with E-state index in [2.05, 4.69) is 5.32 Å². The van der Waals surface area contributed by atoms with E-state index < -0.39 is 17.2 Å². The number of esters is 1. The highest BCUT2D eigenvalue weighted by molar-refractivity contribution is 7.99. The standard InChI is InChI=1S/C15H21F2NO2S/c1-4-20-14(19)15(2,18-3)8-5-9-21-13-10-11(16)6-7-12(13)17/h6-7,10,18H,4-5,8-9H2,1-3H3. The minimum absolute atomic E-state index is 0.289. The monoisotopic (exact) mass is 317 g/mol. The number of rotatable bonds is 8. The number of likely N-dealkylation sites (N-methyl/N-ethyl adjacent to an activating group) is 1. The summed E-state index contributed by atoms with van der Waals surface area (Å²) in [4.78, 5) is 12.1. The number of ether oxygens (including phenoxy) is 1. The molecule has 3 nitrogen and oxygen atoms in total. The lowest BCUT2D eigenvalue weighted by Crippen LogP contribution is -2.48. The molecular formula is C15H21F2NO2S. The van der Waals surface area contributed by atoms with Crippen LogP contribution in [0.4, 0.5) is 8.78 Å². The summed E-state index contributed by atoms with van der Waals surface area (Å²) in [7, 11) is 1.70. The normalized spacial score (nSPS) is 13.8. The van der Waals surface area contributed by atoms with Crippen molar-refractivity contribution in [3.63, 3.8) is 0 Å². The molecule has 0 saturated carbocycles. The third-order valence-corrected chi connectivity index (χ3v) is 4.37. The number of thioether (sulfide) groups is 1. The van der Waals surface area contributed by atoms with Gasteiger partial charge in [0.15, 0.2) is 0 Å². The first kappa shape index (κ1) is 17.9. The fraction of sp³-hybridized carbons (Fsp3) is 0.533. The molecule has 0 saturated heterocycles. The minimum atomic E-state index is -0.753. The van der Waals surface area contributed by atoms with Crippen LogP contribution in [-0.4, -0.2) is 30.9 Å². The van der Waals surface area contributed by atoms with Crippen molar-refractivity contribution in [2.45, 2.75) is 37.1 Å². The number of hydrogen-bond acceptors (Lipinski definition) is 4. The van der Waals surface area contributed by atoms with Crippen molar-refractivity contribution in [3.05, 3.63) is 29.8 Å². The van der Waals surface area contributed by atoms with Gasteiger partial charge in [-0.3, -0.25) is 4.79 Å². The molecule has 0 heterocycles. The van der Waals surface area contributed by atoms with Gasteiger partial charge < -0.3 is 10.1 Å². The quantitative estimate of drug-likeness (QED) is 0.453. The van der Waals surface area contributed by atoms with E-state index in [1.165, 1.54) is 17.8 Å². The molecule has 21 heavy (non-hydrogen) atoms. The molecule has 1 unspecified atom stereocenters. The third-order valence-electron chi connectivity index (χ3n) is 3.25. The Labute approximate surface area is 128 Å². The zero-order chi connectivity index (χ0) is 15.9. The Kier molecular flexibility index (Phi) is 7.11. The highest BCUT2D eigenvalue weighted by Crippen LogP contribution is 2.25. The van der Waals surface area contributed by atoms with Gasteiger partial charge in [0, 0.05) is 4.90 Å². The molecule has 0 spiro atoms. The Morgan fingerprint density at radius 2 is 2.14 bits per heavy atom. The molecule has 0 amide bonds. The Bertz CT molecular complexity index is 485. The Morgan fingerprint density at radius 1 is 1.43 bits per heavy atom. The summed E-state index contributed by atoms with van der Waals surface area (Å²) in [6.45, 7) is 3.87. The van der Waals surface area contributed by atoms with Crippen LogP contribution in [0.1, 0.15) is 26.7 Å². The second kappa shape index (κ2) is 8.34. The van der Waals surface area contributed by atoms with E-state index in [4.69, 9.17) is 4.74 Å². The van der Waals surface area contributed by atoms with E-state index >= 15 is 0 Å². The van der Waals surface area contributed by atoms with Gasteiger partial charge in [0.25, 0.3) is 0 Å². The SMILES string of the molecule is CCOC(=O)C(C)(CCCSc1cc(F)ccc1F)NC. The molecule has 118 valence electrons. The summed E-state index contributed by atoms with van der Waals surface area (Å²) in [5.41, 5.74) is -0.753. The summed E-state index contributed by atoms with van der Waals surface area (Å²) in [6.07, 6.45) is 1.24. The third kappa shape index (κ3) is 5.28. The maximum absolute atomic E-state index is 13.5. The van der Waals surface area contributed by atoms with Gasteiger partial charge in [-0.1, -0.05) is 0 Å². The number of carbonyl (C=O) groups is 1. The first-order valence-corrected chi connectivity index (χ1v) is 7.85. The molecule has 1 rings (SSSR count). The lowest BCUT2D eigenvalue weighted by atomic mass is 9.97. The molecule has 0 aromatic heterocycles. The lowest BCUT2D eigenvalue weighted by molar-refractivity contribution is -0.150. The van der Waals surface area contributed by atoms with Crippen LogP contribution >= 0.6 is 11.8 Å². The van der Waals surface area contributed by atoms with Crippen molar-refractivity contribution in [2.75, 3.05) is 19.4 Å². The molecule has 0 aliphatic carbocycles. The molecule has 1 N–H and O–H groups in total. The van der Waals surface area contributed by atoms with Crippen LogP contribution in [0.25, 0.3) is 0 Å². The summed E-state index contributed by atoms with van der Waals surface area (Å²) >= 11 is 1.24. The van der Waals surface area contributed by atoms with E-state index in [9.17, 15) is 13.6 Å². The predicted molar refractivity (Wildman–Crippen MR) is 80.4 cm³/mol. The Hall–Kier alpha value is -1.14. The van der Waals surface area contributed by atoms with E-state index in [1.54, 1.807) is 20.9 Å². The average Bonchev–Trinajstić information content (AvgIpc) is 2.47. The van der Waals surface area contributed by atoms with Crippen LogP contribution in [0.5, 0.6) is 0 Å². The molecule has 1 aromatic rings. The number of nitrogens with one attached hydrogen (secondary N) is 1. The van der Waals surface area contributed by atoms with E-state index in [0.717, 1.165) is 12.1 Å². The summed E-state index contributed by atoms with van der Waals surface area (Å²) < 4.78 is 31.5. The highest BCUT2D eigenvalue weighted by atomic mass is 32.2. The molecule has 0 aliphatic heterocycles. The molecular weight excluding hydrogens is 296 g/mol. The van der Waals surface area contributed by atoms with Crippen LogP contribution in [0.15, 0.2) is 23.1 Å². The van der Waals surface area contributed by atoms with Gasteiger partial charge in [-0.2, -0.15) is 0 Å². The molecule has 0 bridgehead atoms. The second-order valence-corrected chi connectivity index (χ2v) is 5.97. The fourth-order valence-corrected chi connectivity index (χ4v) is 2.73. The number of halogens is 2. The van der Waals surface area contributed by atoms with Gasteiger partial charge >= 0.3 is 5.97 Å². The van der Waals surface area contributed by atoms with Gasteiger partial charge in [-0.05, 0) is 57.7 Å². The molecule has 1 aromatic carbocycles. The largest absolute Gasteiger partial charge is 0.465 e. The summed E-state index contributed by atoms with van der Waals surface area (Å²) in [5.74, 6) is -0.583. The van der Waals surface area contributed by atoms with Crippen molar-refractivity contribution in [3.8, 4) is 0 Å². The van der Waals surface area contributed by atoms with Gasteiger partial charge in [-0.15, -0.1) is 11.8 Å². The summed E-state index contributed by atoms with van der Waals surface area (Å²) in [6, 6.07) is 3.40. The van der Waals surface area contributed by atoms with Crippen LogP contribution in [0, 0.1) is 11.6 Å². The highest BCUT2D eigenvalue weighted by Gasteiger charge is 2.32. The first-order valence-electron chi connectivity index (χ1n) is 6.87. The minimum Gasteiger partial charge on any atom is -0.465 e. The smallest absolute Gasteiger partial charge is 0.326 e. The molecule has 6 heteroatoms. The fourth-order valence-electron chi connectivity index (χ4n) is 1.82. The zero-order valence-electron chi connectivity index (χ0n) is 12.5. The van der Waals surface area contributed by atoms with Crippen molar-refractivity contribution in [2.24, 2.45) is 0 Å². The van der Waals surface area contributed by atoms with Crippen molar-refractivity contribution < 1.29 is 18.3 Å². The van der Waals surface area contributed by atoms with Crippen molar-refractivity contribution >= 4 is 17.7 Å². The van der Waals surface area contributed by atoms with E-state index in [1.807, 2.05) is 0 Å². The maximum atomic E-state index is 13.5. The Morgan fingerprint density at radius 3 is 2.76 bits per heavy atom. The van der Waals surface area contributed by atoms with Crippen LogP contribution in [0.2, 0.25) is 0 Å². The molecule has 0 radical (unpaired) electrons. The van der Waals surface area contributed by atoms with Gasteiger partial charge in [0.05, 0.1) is 6.61 Å². The molecule has 0 aliphatic rings. The van der Waals surface area contributed by atoms with Gasteiger partial charge in [0.1, 0.15) is 17.2 Å². The number of carbonyl (C=O) groups excluding carboxylic acids is 1. The Balaban J connectivity index is 2.48. The lowest BCUT2D eigenvalue weighted by Gasteiger charge is -2.26. The van der Waals surface area contributed by atoms with E-state index in [-0.39, 0.29) is 10.9 Å². The zero-order valence-corrected chi connectivity index (χ0v) is 13.4. The van der Waals surface area contributed by atoms with Crippen LogP contribution < -0.4 is 5.32 Å². The maximum Gasteiger partial charge on any atom is 0.326 e. The van der Waals surface area contributed by atoms with Crippen LogP contribution in [0.3, 0.4) is 0 Å². The second-order valence-electron chi connectivity index (χ2n) is 4.83. The topological polar surface area (TPSA) is 38.3 Å². The molecule has 1 atom stereocenters. The first-order chi connectivity index (χ1) is 9.92. The van der Waals surface area contributed by atoms with Crippen molar-refractivity contribution in [1.82, 2.24) is 5.32 Å². The average molecular weight is 317 g/mol. The van der Waals surface area contributed by atoms with Crippen LogP contribution in [-0.2, 0) is 9.53 Å². The number of benzene rings is 1. The molecule has 0 fully saturated rings. The summed E-state index contributed by atoms with van der Waals surface area (Å²) in [5, 5.41) is 2.96. The van der Waals surface area contributed by atoms with Crippen molar-refractivity contribution in [1.29, 1.82) is 0 Å². The number of hydrogen-bond donors (Lipinski definition) is 1.